The van der Waals surface area contributed by atoms with Gasteiger partial charge < -0.3 is 0 Å². The number of carbonyl (C=O) groups excluding carboxylic acids is 1. The van der Waals surface area contributed by atoms with E-state index in [9.17, 15) is 9.18 Å². The maximum Gasteiger partial charge on any atom is 0.259 e. The van der Waals surface area contributed by atoms with Gasteiger partial charge in [-0.3, -0.25) is 10.1 Å². The topological polar surface area (TPSA) is 67.8 Å². The van der Waals surface area contributed by atoms with Crippen molar-refractivity contribution in [3.05, 3.63) is 45.4 Å². The number of aromatic nitrogens is 3. The van der Waals surface area contributed by atoms with Crippen LogP contribution in [0.15, 0.2) is 22.7 Å². The Balaban J connectivity index is 2.26. The third-order valence-electron chi connectivity index (χ3n) is 2.51. The Morgan fingerprint density at radius 3 is 2.68 bits per heavy atom. The van der Waals surface area contributed by atoms with Crippen LogP contribution in [0, 0.1) is 19.7 Å². The molecule has 0 saturated heterocycles. The van der Waals surface area contributed by atoms with Gasteiger partial charge in [0.1, 0.15) is 5.82 Å². The molecule has 0 aliphatic rings. The number of rotatable bonds is 2. The molecule has 98 valence electrons. The molecule has 19 heavy (non-hydrogen) atoms. The fraction of sp³-hybridized carbons (Fsp3) is 0.167. The summed E-state index contributed by atoms with van der Waals surface area (Å²) in [5.41, 5.74) is 1.52. The summed E-state index contributed by atoms with van der Waals surface area (Å²) in [5.74, 6) is -0.924. The van der Waals surface area contributed by atoms with Gasteiger partial charge in [0.25, 0.3) is 5.91 Å². The van der Waals surface area contributed by atoms with Crippen LogP contribution in [0.5, 0.6) is 0 Å². The fourth-order valence-electron chi connectivity index (χ4n) is 1.36. The van der Waals surface area contributed by atoms with Crippen molar-refractivity contribution in [3.8, 4) is 0 Å². The Kier molecular flexibility index (Phi) is 3.84. The zero-order chi connectivity index (χ0) is 14.0. The highest BCUT2D eigenvalue weighted by Gasteiger charge is 2.14. The molecule has 5 nitrogen and oxygen atoms in total. The molecule has 0 unspecified atom stereocenters. The number of anilines is 1. The maximum atomic E-state index is 13.3. The molecule has 2 rings (SSSR count). The fourth-order valence-corrected chi connectivity index (χ4v) is 1.80. The lowest BCUT2D eigenvalue weighted by molar-refractivity contribution is 0.102. The van der Waals surface area contributed by atoms with Crippen LogP contribution in [0.4, 0.5) is 10.3 Å². The van der Waals surface area contributed by atoms with E-state index in [1.54, 1.807) is 13.8 Å². The first-order valence-corrected chi connectivity index (χ1v) is 6.21. The average molecular weight is 325 g/mol. The van der Waals surface area contributed by atoms with Crippen LogP contribution in [0.3, 0.4) is 0 Å². The molecular formula is C12H10BrFN4O. The zero-order valence-corrected chi connectivity index (χ0v) is 11.8. The number of nitrogens with one attached hydrogen (secondary N) is 1. The molecule has 0 atom stereocenters. The van der Waals surface area contributed by atoms with E-state index in [1.807, 2.05) is 0 Å². The van der Waals surface area contributed by atoms with Gasteiger partial charge in [0, 0.05) is 0 Å². The number of amides is 1. The summed E-state index contributed by atoms with van der Waals surface area (Å²) in [6, 6.07) is 4.21. The lowest BCUT2D eigenvalue weighted by Crippen LogP contribution is -2.16. The van der Waals surface area contributed by atoms with Crippen molar-refractivity contribution in [3.63, 3.8) is 0 Å². The van der Waals surface area contributed by atoms with Crippen LogP contribution in [-0.2, 0) is 0 Å². The van der Waals surface area contributed by atoms with Crippen LogP contribution >= 0.6 is 15.9 Å². The smallest absolute Gasteiger partial charge is 0.259 e. The predicted octanol–water partition coefficient (Wildman–Crippen LogP) is 2.64. The average Bonchev–Trinajstić information content (AvgIpc) is 2.37. The first-order chi connectivity index (χ1) is 8.99. The molecule has 0 bridgehead atoms. The predicted molar refractivity (Wildman–Crippen MR) is 71.4 cm³/mol. The van der Waals surface area contributed by atoms with Crippen molar-refractivity contribution < 1.29 is 9.18 Å². The minimum atomic E-state index is -0.508. The number of aryl methyl sites for hydroxylation is 2. The SMILES string of the molecule is Cc1nnc(NC(=O)c2cccc(F)c2Br)nc1C. The standard InChI is InChI=1S/C12H10BrFN4O/c1-6-7(2)17-18-12(15-6)16-11(19)8-4-3-5-9(14)10(8)13/h3-5H,1-2H3,(H,15,16,18,19). The molecular weight excluding hydrogens is 315 g/mol. The van der Waals surface area contributed by atoms with E-state index in [-0.39, 0.29) is 16.0 Å². The van der Waals surface area contributed by atoms with Crippen molar-refractivity contribution in [2.45, 2.75) is 13.8 Å². The van der Waals surface area contributed by atoms with Crippen molar-refractivity contribution in [1.29, 1.82) is 0 Å². The Labute approximate surface area is 117 Å². The number of hydrogen-bond acceptors (Lipinski definition) is 4. The second kappa shape index (κ2) is 5.40. The van der Waals surface area contributed by atoms with Crippen LogP contribution in [0.2, 0.25) is 0 Å². The number of benzene rings is 1. The molecule has 0 aliphatic carbocycles. The number of carbonyl (C=O) groups is 1. The largest absolute Gasteiger partial charge is 0.289 e. The molecule has 1 amide bonds. The van der Waals surface area contributed by atoms with E-state index in [1.165, 1.54) is 18.2 Å². The zero-order valence-electron chi connectivity index (χ0n) is 10.2. The normalized spacial score (nSPS) is 10.3. The van der Waals surface area contributed by atoms with Crippen molar-refractivity contribution in [1.82, 2.24) is 15.2 Å². The summed E-state index contributed by atoms with van der Waals surface area (Å²) < 4.78 is 13.4. The van der Waals surface area contributed by atoms with Gasteiger partial charge in [0.15, 0.2) is 0 Å². The second-order valence-electron chi connectivity index (χ2n) is 3.86. The Morgan fingerprint density at radius 2 is 2.00 bits per heavy atom. The molecule has 2 aromatic rings. The minimum absolute atomic E-state index is 0.0873. The van der Waals surface area contributed by atoms with Crippen LogP contribution < -0.4 is 5.32 Å². The first-order valence-electron chi connectivity index (χ1n) is 5.42. The molecule has 1 N–H and O–H groups in total. The number of nitrogens with zero attached hydrogens (tertiary/aromatic N) is 3. The quantitative estimate of drug-likeness (QED) is 0.922. The summed E-state index contributed by atoms with van der Waals surface area (Å²) in [6.45, 7) is 3.53. The molecule has 1 aromatic heterocycles. The van der Waals surface area contributed by atoms with Gasteiger partial charge in [-0.2, -0.15) is 5.10 Å². The number of halogens is 2. The van der Waals surface area contributed by atoms with Gasteiger partial charge >= 0.3 is 0 Å². The monoisotopic (exact) mass is 324 g/mol. The molecule has 0 spiro atoms. The Bertz CT molecular complexity index is 648. The van der Waals surface area contributed by atoms with E-state index < -0.39 is 11.7 Å². The number of hydrogen-bond donors (Lipinski definition) is 1. The lowest BCUT2D eigenvalue weighted by Gasteiger charge is -2.06. The van der Waals surface area contributed by atoms with Gasteiger partial charge in [-0.05, 0) is 41.9 Å². The molecule has 0 fully saturated rings. The molecule has 1 heterocycles. The highest BCUT2D eigenvalue weighted by Crippen LogP contribution is 2.21. The third-order valence-corrected chi connectivity index (χ3v) is 3.32. The van der Waals surface area contributed by atoms with E-state index in [0.717, 1.165) is 0 Å². The molecule has 7 heteroatoms. The molecule has 1 aromatic carbocycles. The van der Waals surface area contributed by atoms with Crippen LogP contribution in [-0.4, -0.2) is 21.1 Å². The van der Waals surface area contributed by atoms with Crippen molar-refractivity contribution >= 4 is 27.8 Å². The maximum absolute atomic E-state index is 13.3. The van der Waals surface area contributed by atoms with Crippen LogP contribution in [0.1, 0.15) is 21.7 Å². The summed E-state index contributed by atoms with van der Waals surface area (Å²) in [6.07, 6.45) is 0. The molecule has 0 saturated carbocycles. The lowest BCUT2D eigenvalue weighted by atomic mass is 10.2. The first kappa shape index (κ1) is 13.5. The van der Waals surface area contributed by atoms with Gasteiger partial charge in [0.05, 0.1) is 21.4 Å². The van der Waals surface area contributed by atoms with Gasteiger partial charge in [-0.15, -0.1) is 5.10 Å². The summed E-state index contributed by atoms with van der Waals surface area (Å²) in [5, 5.41) is 10.1. The molecule has 0 radical (unpaired) electrons. The third kappa shape index (κ3) is 2.93. The Hall–Kier alpha value is -1.89. The van der Waals surface area contributed by atoms with Gasteiger partial charge in [-0.1, -0.05) is 6.07 Å². The van der Waals surface area contributed by atoms with E-state index in [0.29, 0.717) is 11.4 Å². The van der Waals surface area contributed by atoms with E-state index >= 15 is 0 Å². The summed E-state index contributed by atoms with van der Waals surface area (Å²) in [4.78, 5) is 16.0. The highest BCUT2D eigenvalue weighted by atomic mass is 79.9. The van der Waals surface area contributed by atoms with Gasteiger partial charge in [0.2, 0.25) is 5.95 Å². The van der Waals surface area contributed by atoms with Crippen LogP contribution in [0.25, 0.3) is 0 Å². The highest BCUT2D eigenvalue weighted by molar-refractivity contribution is 9.10. The Morgan fingerprint density at radius 1 is 1.26 bits per heavy atom. The van der Waals surface area contributed by atoms with E-state index in [4.69, 9.17) is 0 Å². The summed E-state index contributed by atoms with van der Waals surface area (Å²) in [7, 11) is 0. The minimum Gasteiger partial charge on any atom is -0.289 e. The van der Waals surface area contributed by atoms with Crippen molar-refractivity contribution in [2.75, 3.05) is 5.32 Å². The van der Waals surface area contributed by atoms with Gasteiger partial charge in [-0.25, -0.2) is 9.37 Å². The summed E-state index contributed by atoms with van der Waals surface area (Å²) >= 11 is 3.03. The van der Waals surface area contributed by atoms with Crippen molar-refractivity contribution in [2.24, 2.45) is 0 Å². The second-order valence-corrected chi connectivity index (χ2v) is 4.65. The van der Waals surface area contributed by atoms with E-state index in [2.05, 4.69) is 36.4 Å². The molecule has 0 aliphatic heterocycles.